The van der Waals surface area contributed by atoms with E-state index in [9.17, 15) is 13.2 Å². The lowest BCUT2D eigenvalue weighted by molar-refractivity contribution is -0.150. The number of hydrogen-bond donors (Lipinski definition) is 2. The molecule has 0 aromatic heterocycles. The fraction of sp³-hybridized carbons (Fsp3) is 0.462. The second-order valence-corrected chi connectivity index (χ2v) is 4.80. The summed E-state index contributed by atoms with van der Waals surface area (Å²) >= 11 is 0. The number of halogens is 3. The molecule has 4 nitrogen and oxygen atoms in total. The van der Waals surface area contributed by atoms with Crippen molar-refractivity contribution in [1.82, 2.24) is 4.90 Å². The molecule has 0 saturated carbocycles. The molecule has 112 valence electrons. The van der Waals surface area contributed by atoms with Gasteiger partial charge in [-0.25, -0.2) is 0 Å². The summed E-state index contributed by atoms with van der Waals surface area (Å²) in [5.74, 6) is -0.0347. The SMILES string of the molecule is CC(C)N(Cc1ccc(C(N)=NO)cc1)CC(F)(F)F. The van der Waals surface area contributed by atoms with Gasteiger partial charge >= 0.3 is 6.18 Å². The summed E-state index contributed by atoms with van der Waals surface area (Å²) in [4.78, 5) is 1.33. The van der Waals surface area contributed by atoms with E-state index in [0.717, 1.165) is 5.56 Å². The number of nitrogens with two attached hydrogens (primary N) is 1. The summed E-state index contributed by atoms with van der Waals surface area (Å²) in [6.45, 7) is 2.67. The van der Waals surface area contributed by atoms with Crippen molar-refractivity contribution in [1.29, 1.82) is 0 Å². The molecule has 3 N–H and O–H groups in total. The molecule has 20 heavy (non-hydrogen) atoms. The second-order valence-electron chi connectivity index (χ2n) is 4.80. The van der Waals surface area contributed by atoms with Crippen molar-refractivity contribution < 1.29 is 18.4 Å². The van der Waals surface area contributed by atoms with Crippen LogP contribution in [-0.4, -0.2) is 34.7 Å². The zero-order chi connectivity index (χ0) is 15.3. The van der Waals surface area contributed by atoms with Crippen molar-refractivity contribution in [2.24, 2.45) is 10.9 Å². The number of hydrogen-bond acceptors (Lipinski definition) is 3. The molecule has 0 spiro atoms. The van der Waals surface area contributed by atoms with Crippen LogP contribution in [-0.2, 0) is 6.54 Å². The smallest absolute Gasteiger partial charge is 0.401 e. The lowest BCUT2D eigenvalue weighted by atomic mass is 10.1. The molecule has 0 aliphatic rings. The van der Waals surface area contributed by atoms with Crippen LogP contribution in [0, 0.1) is 0 Å². The number of nitrogens with zero attached hydrogens (tertiary/aromatic N) is 2. The maximum atomic E-state index is 12.5. The minimum absolute atomic E-state index is 0.0347. The fourth-order valence-electron chi connectivity index (χ4n) is 1.72. The third-order valence-corrected chi connectivity index (χ3v) is 2.86. The van der Waals surface area contributed by atoms with Crippen LogP contribution in [0.4, 0.5) is 13.2 Å². The van der Waals surface area contributed by atoms with Crippen molar-refractivity contribution in [2.45, 2.75) is 32.6 Å². The molecule has 7 heteroatoms. The lowest BCUT2D eigenvalue weighted by Gasteiger charge is -2.27. The first-order chi connectivity index (χ1) is 9.23. The van der Waals surface area contributed by atoms with Gasteiger partial charge in [0.1, 0.15) is 0 Å². The Hall–Kier alpha value is -1.76. The molecule has 0 atom stereocenters. The van der Waals surface area contributed by atoms with E-state index in [1.165, 1.54) is 4.90 Å². The zero-order valence-electron chi connectivity index (χ0n) is 11.4. The van der Waals surface area contributed by atoms with E-state index in [2.05, 4.69) is 5.16 Å². The summed E-state index contributed by atoms with van der Waals surface area (Å²) in [6.07, 6.45) is -4.22. The Balaban J connectivity index is 2.79. The molecule has 0 heterocycles. The Labute approximate surface area is 115 Å². The standard InChI is InChI=1S/C13H18F3N3O/c1-9(2)19(8-13(14,15)16)7-10-3-5-11(6-4-10)12(17)18-20/h3-6,9,20H,7-8H2,1-2H3,(H2,17,18). The van der Waals surface area contributed by atoms with E-state index in [1.54, 1.807) is 38.1 Å². The molecule has 0 fully saturated rings. The number of oxime groups is 1. The van der Waals surface area contributed by atoms with Crippen molar-refractivity contribution in [3.63, 3.8) is 0 Å². The summed E-state index contributed by atoms with van der Waals surface area (Å²) in [6, 6.07) is 6.32. The van der Waals surface area contributed by atoms with E-state index in [4.69, 9.17) is 10.9 Å². The van der Waals surface area contributed by atoms with Crippen molar-refractivity contribution in [3.8, 4) is 0 Å². The molecule has 0 bridgehead atoms. The number of alkyl halides is 3. The highest BCUT2D eigenvalue weighted by Crippen LogP contribution is 2.20. The Morgan fingerprint density at radius 1 is 1.30 bits per heavy atom. The van der Waals surface area contributed by atoms with Gasteiger partial charge in [-0.3, -0.25) is 4.90 Å². The number of rotatable bonds is 5. The van der Waals surface area contributed by atoms with Gasteiger partial charge in [-0.1, -0.05) is 29.4 Å². The van der Waals surface area contributed by atoms with Gasteiger partial charge in [-0.15, -0.1) is 0 Å². The van der Waals surface area contributed by atoms with Crippen LogP contribution < -0.4 is 5.73 Å². The van der Waals surface area contributed by atoms with E-state index in [-0.39, 0.29) is 18.4 Å². The quantitative estimate of drug-likeness (QED) is 0.379. The van der Waals surface area contributed by atoms with E-state index < -0.39 is 12.7 Å². The van der Waals surface area contributed by atoms with Gasteiger partial charge < -0.3 is 10.9 Å². The molecule has 0 saturated heterocycles. The highest BCUT2D eigenvalue weighted by molar-refractivity contribution is 5.96. The maximum absolute atomic E-state index is 12.5. The van der Waals surface area contributed by atoms with Crippen molar-refractivity contribution in [2.75, 3.05) is 6.54 Å². The van der Waals surface area contributed by atoms with Crippen molar-refractivity contribution in [3.05, 3.63) is 35.4 Å². The van der Waals surface area contributed by atoms with Crippen LogP contribution in [0.2, 0.25) is 0 Å². The van der Waals surface area contributed by atoms with E-state index >= 15 is 0 Å². The van der Waals surface area contributed by atoms with Crippen molar-refractivity contribution >= 4 is 5.84 Å². The fourth-order valence-corrected chi connectivity index (χ4v) is 1.72. The van der Waals surface area contributed by atoms with Gasteiger partial charge in [0.2, 0.25) is 0 Å². The highest BCUT2D eigenvalue weighted by atomic mass is 19.4. The Bertz CT molecular complexity index is 455. The predicted octanol–water partition coefficient (Wildman–Crippen LogP) is 2.55. The predicted molar refractivity (Wildman–Crippen MR) is 70.6 cm³/mol. The van der Waals surface area contributed by atoms with Crippen LogP contribution in [0.5, 0.6) is 0 Å². The first kappa shape index (κ1) is 16.3. The molecular weight excluding hydrogens is 271 g/mol. The first-order valence-corrected chi connectivity index (χ1v) is 6.10. The average Bonchev–Trinajstić information content (AvgIpc) is 2.36. The molecule has 1 aromatic rings. The largest absolute Gasteiger partial charge is 0.409 e. The number of amidine groups is 1. The molecule has 0 radical (unpaired) electrons. The molecule has 0 amide bonds. The molecule has 0 aliphatic carbocycles. The van der Waals surface area contributed by atoms with Crippen LogP contribution in [0.1, 0.15) is 25.0 Å². The summed E-state index contributed by atoms with van der Waals surface area (Å²) < 4.78 is 37.4. The van der Waals surface area contributed by atoms with E-state index in [1.807, 2.05) is 0 Å². The van der Waals surface area contributed by atoms with Crippen LogP contribution in [0.25, 0.3) is 0 Å². The van der Waals surface area contributed by atoms with Gasteiger partial charge in [-0.05, 0) is 19.4 Å². The van der Waals surface area contributed by atoms with Crippen LogP contribution >= 0.6 is 0 Å². The van der Waals surface area contributed by atoms with Gasteiger partial charge in [0.25, 0.3) is 0 Å². The minimum Gasteiger partial charge on any atom is -0.409 e. The molecular formula is C13H18F3N3O. The average molecular weight is 289 g/mol. The van der Waals surface area contributed by atoms with Crippen LogP contribution in [0.15, 0.2) is 29.4 Å². The Kier molecular flexibility index (Phi) is 5.38. The first-order valence-electron chi connectivity index (χ1n) is 6.10. The molecule has 0 aliphatic heterocycles. The third kappa shape index (κ3) is 5.08. The van der Waals surface area contributed by atoms with Crippen LogP contribution in [0.3, 0.4) is 0 Å². The molecule has 1 rings (SSSR count). The zero-order valence-corrected chi connectivity index (χ0v) is 11.4. The summed E-state index contributed by atoms with van der Waals surface area (Å²) in [5, 5.41) is 11.4. The lowest BCUT2D eigenvalue weighted by Crippen LogP contribution is -2.38. The highest BCUT2D eigenvalue weighted by Gasteiger charge is 2.31. The van der Waals surface area contributed by atoms with Gasteiger partial charge in [0.15, 0.2) is 5.84 Å². The maximum Gasteiger partial charge on any atom is 0.401 e. The van der Waals surface area contributed by atoms with E-state index in [0.29, 0.717) is 5.56 Å². The molecule has 0 unspecified atom stereocenters. The second kappa shape index (κ2) is 6.60. The summed E-state index contributed by atoms with van der Waals surface area (Å²) in [7, 11) is 0. The van der Waals surface area contributed by atoms with Gasteiger partial charge in [0, 0.05) is 18.2 Å². The monoisotopic (exact) mass is 289 g/mol. The van der Waals surface area contributed by atoms with Gasteiger partial charge in [-0.2, -0.15) is 13.2 Å². The Morgan fingerprint density at radius 3 is 2.25 bits per heavy atom. The topological polar surface area (TPSA) is 61.8 Å². The number of benzene rings is 1. The molecule has 1 aromatic carbocycles. The normalized spacial score (nSPS) is 13.2. The van der Waals surface area contributed by atoms with Gasteiger partial charge in [0.05, 0.1) is 6.54 Å². The Morgan fingerprint density at radius 2 is 1.85 bits per heavy atom. The summed E-state index contributed by atoms with van der Waals surface area (Å²) in [5.41, 5.74) is 6.67. The minimum atomic E-state index is -4.22. The third-order valence-electron chi connectivity index (χ3n) is 2.86.